The van der Waals surface area contributed by atoms with Gasteiger partial charge < -0.3 is 14.4 Å². The van der Waals surface area contributed by atoms with E-state index in [1.54, 1.807) is 12.5 Å². The molecule has 1 heterocycles. The van der Waals surface area contributed by atoms with Gasteiger partial charge in [-0.05, 0) is 30.7 Å². The Bertz CT molecular complexity index is 564. The Kier molecular flexibility index (Phi) is 4.00. The maximum absolute atomic E-state index is 8.65. The molecular formula is C14H13NO3. The summed E-state index contributed by atoms with van der Waals surface area (Å²) in [6.07, 6.45) is 3.17. The summed E-state index contributed by atoms with van der Waals surface area (Å²) < 4.78 is 10.3. The second kappa shape index (κ2) is 5.89. The van der Waals surface area contributed by atoms with Gasteiger partial charge in [-0.15, -0.1) is 0 Å². The van der Waals surface area contributed by atoms with E-state index < -0.39 is 0 Å². The van der Waals surface area contributed by atoms with Gasteiger partial charge in [0.25, 0.3) is 0 Å². The van der Waals surface area contributed by atoms with Crippen LogP contribution in [0.3, 0.4) is 0 Å². The zero-order valence-electron chi connectivity index (χ0n) is 10.0. The van der Waals surface area contributed by atoms with Gasteiger partial charge in [-0.2, -0.15) is 0 Å². The highest BCUT2D eigenvalue weighted by Crippen LogP contribution is 2.17. The van der Waals surface area contributed by atoms with Crippen molar-refractivity contribution in [2.24, 2.45) is 0 Å². The van der Waals surface area contributed by atoms with E-state index in [4.69, 9.17) is 14.4 Å². The molecule has 0 aliphatic heterocycles. The standard InChI is InChI=1S/C14H13NO3/c1-11-7-14(5-4-13(11)3-2-6-16)17-9-12-8-15-18-10-12/h4-5,7-8,10,16H,6,9H2,1H3. The molecule has 0 radical (unpaired) electrons. The second-order valence-corrected chi connectivity index (χ2v) is 3.76. The van der Waals surface area contributed by atoms with Crippen LogP contribution in [0.15, 0.2) is 35.2 Å². The van der Waals surface area contributed by atoms with Crippen LogP contribution in [0.25, 0.3) is 0 Å². The van der Waals surface area contributed by atoms with E-state index in [1.807, 2.05) is 25.1 Å². The van der Waals surface area contributed by atoms with Gasteiger partial charge in [-0.25, -0.2) is 0 Å². The van der Waals surface area contributed by atoms with E-state index >= 15 is 0 Å². The van der Waals surface area contributed by atoms with Crippen LogP contribution in [0.1, 0.15) is 16.7 Å². The van der Waals surface area contributed by atoms with E-state index in [1.165, 1.54) is 0 Å². The van der Waals surface area contributed by atoms with Crippen LogP contribution in [-0.4, -0.2) is 16.9 Å². The molecule has 0 atom stereocenters. The molecular weight excluding hydrogens is 230 g/mol. The molecule has 2 rings (SSSR count). The third kappa shape index (κ3) is 3.12. The van der Waals surface area contributed by atoms with Crippen LogP contribution in [0.5, 0.6) is 5.75 Å². The lowest BCUT2D eigenvalue weighted by molar-refractivity contribution is 0.304. The van der Waals surface area contributed by atoms with Crippen molar-refractivity contribution in [1.82, 2.24) is 5.16 Å². The van der Waals surface area contributed by atoms with Gasteiger partial charge in [-0.1, -0.05) is 17.0 Å². The summed E-state index contributed by atoms with van der Waals surface area (Å²) in [5.41, 5.74) is 2.79. The average molecular weight is 243 g/mol. The third-order valence-electron chi connectivity index (χ3n) is 2.39. The highest BCUT2D eigenvalue weighted by molar-refractivity contribution is 5.44. The summed E-state index contributed by atoms with van der Waals surface area (Å²) >= 11 is 0. The van der Waals surface area contributed by atoms with Gasteiger partial charge in [0.2, 0.25) is 0 Å². The predicted octanol–water partition coefficient (Wildman–Crippen LogP) is 1.91. The monoisotopic (exact) mass is 243 g/mol. The molecule has 0 bridgehead atoms. The first-order valence-corrected chi connectivity index (χ1v) is 5.51. The topological polar surface area (TPSA) is 55.5 Å². The van der Waals surface area contributed by atoms with Crippen molar-refractivity contribution in [1.29, 1.82) is 0 Å². The molecule has 2 aromatic rings. The van der Waals surface area contributed by atoms with Crippen molar-refractivity contribution in [3.05, 3.63) is 47.3 Å². The molecule has 18 heavy (non-hydrogen) atoms. The SMILES string of the molecule is Cc1cc(OCc2cnoc2)ccc1C#CCO. The van der Waals surface area contributed by atoms with Gasteiger partial charge in [0.1, 0.15) is 25.2 Å². The normalized spacial score (nSPS) is 9.67. The number of ether oxygens (including phenoxy) is 1. The minimum atomic E-state index is -0.134. The highest BCUT2D eigenvalue weighted by atomic mass is 16.5. The number of aromatic nitrogens is 1. The van der Waals surface area contributed by atoms with E-state index in [0.717, 1.165) is 22.4 Å². The lowest BCUT2D eigenvalue weighted by Crippen LogP contribution is -1.94. The summed E-state index contributed by atoms with van der Waals surface area (Å²) in [5.74, 6) is 6.27. The lowest BCUT2D eigenvalue weighted by Gasteiger charge is -2.06. The number of aliphatic hydroxyl groups excluding tert-OH is 1. The number of nitrogens with zero attached hydrogens (tertiary/aromatic N) is 1. The van der Waals surface area contributed by atoms with Crippen LogP contribution < -0.4 is 4.74 Å². The molecule has 92 valence electrons. The van der Waals surface area contributed by atoms with E-state index in [0.29, 0.717) is 6.61 Å². The fourth-order valence-corrected chi connectivity index (χ4v) is 1.47. The van der Waals surface area contributed by atoms with Crippen LogP contribution >= 0.6 is 0 Å². The molecule has 0 spiro atoms. The Morgan fingerprint density at radius 3 is 3.00 bits per heavy atom. The van der Waals surface area contributed by atoms with Crippen molar-refractivity contribution in [2.75, 3.05) is 6.61 Å². The first-order valence-electron chi connectivity index (χ1n) is 5.51. The molecule has 1 aromatic heterocycles. The van der Waals surface area contributed by atoms with Gasteiger partial charge >= 0.3 is 0 Å². The Hall–Kier alpha value is -2.25. The number of hydrogen-bond acceptors (Lipinski definition) is 4. The minimum Gasteiger partial charge on any atom is -0.489 e. The molecule has 1 N–H and O–H groups in total. The molecule has 0 amide bonds. The van der Waals surface area contributed by atoms with Gasteiger partial charge in [0.05, 0.1) is 6.20 Å². The van der Waals surface area contributed by atoms with Crippen LogP contribution in [-0.2, 0) is 6.61 Å². The maximum atomic E-state index is 8.65. The third-order valence-corrected chi connectivity index (χ3v) is 2.39. The zero-order chi connectivity index (χ0) is 12.8. The molecule has 0 aliphatic rings. The van der Waals surface area contributed by atoms with Crippen molar-refractivity contribution >= 4 is 0 Å². The van der Waals surface area contributed by atoms with Gasteiger partial charge in [0, 0.05) is 11.1 Å². The fourth-order valence-electron chi connectivity index (χ4n) is 1.47. The summed E-state index contributed by atoms with van der Waals surface area (Å²) in [6, 6.07) is 5.64. The Balaban J connectivity index is 2.04. The number of aliphatic hydroxyl groups is 1. The van der Waals surface area contributed by atoms with Crippen molar-refractivity contribution < 1.29 is 14.4 Å². The van der Waals surface area contributed by atoms with Gasteiger partial charge in [0.15, 0.2) is 0 Å². The zero-order valence-corrected chi connectivity index (χ0v) is 10.0. The lowest BCUT2D eigenvalue weighted by atomic mass is 10.1. The molecule has 0 saturated heterocycles. The number of hydrogen-bond donors (Lipinski definition) is 1. The average Bonchev–Trinajstić information content (AvgIpc) is 2.88. The fraction of sp³-hybridized carbons (Fsp3) is 0.214. The smallest absolute Gasteiger partial charge is 0.130 e. The number of aryl methyl sites for hydroxylation is 1. The first-order chi connectivity index (χ1) is 8.79. The molecule has 1 aromatic carbocycles. The Labute approximate surface area is 105 Å². The summed E-state index contributed by atoms with van der Waals surface area (Å²) in [5, 5.41) is 12.3. The highest BCUT2D eigenvalue weighted by Gasteiger charge is 2.01. The van der Waals surface area contributed by atoms with Crippen LogP contribution in [0, 0.1) is 18.8 Å². The number of rotatable bonds is 3. The molecule has 4 nitrogen and oxygen atoms in total. The van der Waals surface area contributed by atoms with Crippen LogP contribution in [0.4, 0.5) is 0 Å². The number of benzene rings is 1. The molecule has 4 heteroatoms. The molecule has 0 aliphatic carbocycles. The van der Waals surface area contributed by atoms with E-state index in [-0.39, 0.29) is 6.61 Å². The largest absolute Gasteiger partial charge is 0.489 e. The first kappa shape index (κ1) is 12.2. The minimum absolute atomic E-state index is 0.134. The van der Waals surface area contributed by atoms with Gasteiger partial charge in [-0.3, -0.25) is 0 Å². The molecule has 0 fully saturated rings. The quantitative estimate of drug-likeness (QED) is 0.836. The maximum Gasteiger partial charge on any atom is 0.130 e. The predicted molar refractivity (Wildman–Crippen MR) is 66.0 cm³/mol. The van der Waals surface area contributed by atoms with Crippen LogP contribution in [0.2, 0.25) is 0 Å². The van der Waals surface area contributed by atoms with Crippen molar-refractivity contribution in [3.8, 4) is 17.6 Å². The van der Waals surface area contributed by atoms with Crippen molar-refractivity contribution in [2.45, 2.75) is 13.5 Å². The van der Waals surface area contributed by atoms with Crippen molar-refractivity contribution in [3.63, 3.8) is 0 Å². The van der Waals surface area contributed by atoms with E-state index in [9.17, 15) is 0 Å². The van der Waals surface area contributed by atoms with E-state index in [2.05, 4.69) is 17.0 Å². The summed E-state index contributed by atoms with van der Waals surface area (Å²) in [6.45, 7) is 2.24. The molecule has 0 saturated carbocycles. The summed E-state index contributed by atoms with van der Waals surface area (Å²) in [7, 11) is 0. The second-order valence-electron chi connectivity index (χ2n) is 3.76. The Morgan fingerprint density at radius 1 is 1.44 bits per heavy atom. The summed E-state index contributed by atoms with van der Waals surface area (Å²) in [4.78, 5) is 0. The molecule has 0 unspecified atom stereocenters. The Morgan fingerprint density at radius 2 is 2.33 bits per heavy atom.